The fraction of sp³-hybridized carbons (Fsp3) is 0.250. The van der Waals surface area contributed by atoms with Gasteiger partial charge in [0.05, 0.1) is 13.1 Å². The van der Waals surface area contributed by atoms with Gasteiger partial charge in [0.2, 0.25) is 0 Å². The smallest absolute Gasteiger partial charge is 0.164 e. The molecule has 108 valence electrons. The van der Waals surface area contributed by atoms with Crippen LogP contribution in [-0.4, -0.2) is 21.9 Å². The largest absolute Gasteiger partial charge is 0.317 e. The molecule has 5 heteroatoms. The minimum atomic E-state index is 0.531. The van der Waals surface area contributed by atoms with E-state index in [1.165, 1.54) is 0 Å². The van der Waals surface area contributed by atoms with Crippen molar-refractivity contribution in [2.75, 3.05) is 11.4 Å². The van der Waals surface area contributed by atoms with Crippen molar-refractivity contribution < 1.29 is 0 Å². The molecule has 2 heterocycles. The summed E-state index contributed by atoms with van der Waals surface area (Å²) in [6.07, 6.45) is 3.69. The van der Waals surface area contributed by atoms with Gasteiger partial charge in [-0.1, -0.05) is 36.4 Å². The quantitative estimate of drug-likeness (QED) is 0.848. The van der Waals surface area contributed by atoms with Gasteiger partial charge >= 0.3 is 0 Å². The summed E-state index contributed by atoms with van der Waals surface area (Å²) in [5.74, 6) is 0. The van der Waals surface area contributed by atoms with Crippen LogP contribution in [0.5, 0.6) is 0 Å². The highest BCUT2D eigenvalue weighted by atomic mass is 35.5. The Hall–Kier alpha value is -1.52. The number of hydrogen-bond acceptors (Lipinski definition) is 4. The zero-order chi connectivity index (χ0) is 14.7. The molecule has 1 atom stereocenters. The average Bonchev–Trinajstić information content (AvgIpc) is 2.93. The van der Waals surface area contributed by atoms with Crippen LogP contribution in [0.3, 0.4) is 0 Å². The van der Waals surface area contributed by atoms with Crippen LogP contribution in [0.25, 0.3) is 0 Å². The highest BCUT2D eigenvalue weighted by Gasteiger charge is 2.22. The van der Waals surface area contributed by atoms with Crippen molar-refractivity contribution in [2.45, 2.75) is 18.7 Å². The molecule has 0 aliphatic carbocycles. The molecule has 0 saturated heterocycles. The topological polar surface area (TPSA) is 28.5 Å². The highest BCUT2D eigenvalue weighted by molar-refractivity contribution is 8.15. The Balaban J connectivity index is 1.89. The number of pyridine rings is 1. The lowest BCUT2D eigenvalue weighted by Gasteiger charge is -2.24. The maximum absolute atomic E-state index is 6.00. The lowest BCUT2D eigenvalue weighted by molar-refractivity contribution is 0.959. The summed E-state index contributed by atoms with van der Waals surface area (Å²) >= 11 is 7.81. The molecule has 0 bridgehead atoms. The van der Waals surface area contributed by atoms with Gasteiger partial charge in [-0.3, -0.25) is 9.98 Å². The molecular formula is C16H16ClN3S. The first-order valence-corrected chi connectivity index (χ1v) is 8.11. The van der Waals surface area contributed by atoms with E-state index in [1.54, 1.807) is 6.20 Å². The number of aromatic nitrogens is 1. The van der Waals surface area contributed by atoms with E-state index in [1.807, 2.05) is 48.3 Å². The summed E-state index contributed by atoms with van der Waals surface area (Å²) in [7, 11) is 0. The maximum atomic E-state index is 6.00. The molecule has 0 N–H and O–H groups in total. The van der Waals surface area contributed by atoms with E-state index >= 15 is 0 Å². The van der Waals surface area contributed by atoms with E-state index in [-0.39, 0.29) is 0 Å². The molecule has 1 aliphatic heterocycles. The molecule has 2 aromatic rings. The van der Waals surface area contributed by atoms with Gasteiger partial charge in [-0.05, 0) is 35.9 Å². The maximum Gasteiger partial charge on any atom is 0.164 e. The number of amidine groups is 1. The number of hydrogen-bond donors (Lipinski definition) is 0. The molecular weight excluding hydrogens is 302 g/mol. The van der Waals surface area contributed by atoms with Crippen molar-refractivity contribution in [1.29, 1.82) is 0 Å². The van der Waals surface area contributed by atoms with E-state index in [2.05, 4.69) is 27.9 Å². The minimum Gasteiger partial charge on any atom is -0.317 e. The fourth-order valence-corrected chi connectivity index (χ4v) is 3.26. The normalized spacial score (nSPS) is 17.6. The molecule has 1 aromatic carbocycles. The second-order valence-corrected chi connectivity index (χ2v) is 6.82. The Morgan fingerprint density at radius 3 is 2.71 bits per heavy atom. The molecule has 0 amide bonds. The van der Waals surface area contributed by atoms with Crippen LogP contribution < -0.4 is 4.90 Å². The third-order valence-corrected chi connectivity index (χ3v) is 4.59. The van der Waals surface area contributed by atoms with E-state index in [9.17, 15) is 0 Å². The summed E-state index contributed by atoms with van der Waals surface area (Å²) in [6.45, 7) is 3.83. The zero-order valence-corrected chi connectivity index (χ0v) is 13.3. The Morgan fingerprint density at radius 1 is 1.29 bits per heavy atom. The van der Waals surface area contributed by atoms with Crippen molar-refractivity contribution in [3.05, 3.63) is 59.4 Å². The van der Waals surface area contributed by atoms with Gasteiger partial charge in [-0.2, -0.15) is 0 Å². The van der Waals surface area contributed by atoms with E-state index in [0.29, 0.717) is 5.25 Å². The number of halogens is 1. The van der Waals surface area contributed by atoms with Crippen LogP contribution in [0.4, 0.5) is 5.69 Å². The van der Waals surface area contributed by atoms with Crippen LogP contribution in [0, 0.1) is 0 Å². The van der Waals surface area contributed by atoms with Crippen LogP contribution >= 0.6 is 23.4 Å². The second kappa shape index (κ2) is 6.50. The Morgan fingerprint density at radius 2 is 2.10 bits per heavy atom. The van der Waals surface area contributed by atoms with Gasteiger partial charge in [0.15, 0.2) is 5.17 Å². The van der Waals surface area contributed by atoms with Gasteiger partial charge in [0.1, 0.15) is 0 Å². The van der Waals surface area contributed by atoms with Gasteiger partial charge in [0.25, 0.3) is 0 Å². The van der Waals surface area contributed by atoms with Gasteiger partial charge in [-0.25, -0.2) is 0 Å². The molecule has 1 aliphatic rings. The van der Waals surface area contributed by atoms with Crippen LogP contribution in [0.15, 0.2) is 53.8 Å². The first kappa shape index (κ1) is 14.4. The van der Waals surface area contributed by atoms with Crippen LogP contribution in [0.1, 0.15) is 12.5 Å². The summed E-state index contributed by atoms with van der Waals surface area (Å²) in [5.41, 5.74) is 2.26. The molecule has 3 nitrogen and oxygen atoms in total. The predicted octanol–water partition coefficient (Wildman–Crippen LogP) is 4.23. The Labute approximate surface area is 134 Å². The first-order chi connectivity index (χ1) is 10.2. The van der Waals surface area contributed by atoms with E-state index in [4.69, 9.17) is 11.6 Å². The summed E-state index contributed by atoms with van der Waals surface area (Å²) in [6, 6.07) is 11.9. The van der Waals surface area contributed by atoms with Crippen molar-refractivity contribution >= 4 is 34.2 Å². The SMILES string of the molecule is CC1CN=C(N(Cc2cccnc2)c2ccc(Cl)cc2)S1. The van der Waals surface area contributed by atoms with Crippen molar-refractivity contribution in [3.63, 3.8) is 0 Å². The molecule has 0 saturated carbocycles. The number of benzene rings is 1. The second-order valence-electron chi connectivity index (χ2n) is 4.98. The number of aliphatic imine (C=N–C) groups is 1. The van der Waals surface area contributed by atoms with Crippen LogP contribution in [-0.2, 0) is 6.54 Å². The Bertz CT molecular complexity index is 628. The third kappa shape index (κ3) is 3.57. The highest BCUT2D eigenvalue weighted by Crippen LogP contribution is 2.29. The molecule has 0 spiro atoms. The summed E-state index contributed by atoms with van der Waals surface area (Å²) in [4.78, 5) is 11.1. The lowest BCUT2D eigenvalue weighted by Crippen LogP contribution is -2.27. The third-order valence-electron chi connectivity index (χ3n) is 3.22. The van der Waals surface area contributed by atoms with Crippen molar-refractivity contribution in [1.82, 2.24) is 4.98 Å². The van der Waals surface area contributed by atoms with Crippen molar-refractivity contribution in [3.8, 4) is 0 Å². The van der Waals surface area contributed by atoms with Crippen molar-refractivity contribution in [2.24, 2.45) is 4.99 Å². The predicted molar refractivity (Wildman–Crippen MR) is 91.2 cm³/mol. The minimum absolute atomic E-state index is 0.531. The van der Waals surface area contributed by atoms with Crippen LogP contribution in [0.2, 0.25) is 5.02 Å². The van der Waals surface area contributed by atoms with Gasteiger partial charge < -0.3 is 4.90 Å². The number of anilines is 1. The zero-order valence-electron chi connectivity index (χ0n) is 11.7. The summed E-state index contributed by atoms with van der Waals surface area (Å²) < 4.78 is 0. The molecule has 1 unspecified atom stereocenters. The first-order valence-electron chi connectivity index (χ1n) is 6.85. The molecule has 1 aromatic heterocycles. The molecule has 21 heavy (non-hydrogen) atoms. The molecule has 3 rings (SSSR count). The average molecular weight is 318 g/mol. The standard InChI is InChI=1S/C16H16ClN3S/c1-12-9-19-16(21-12)20(11-13-3-2-8-18-10-13)15-6-4-14(17)5-7-15/h2-8,10,12H,9,11H2,1H3. The number of thioether (sulfide) groups is 1. The van der Waals surface area contributed by atoms with E-state index < -0.39 is 0 Å². The van der Waals surface area contributed by atoms with E-state index in [0.717, 1.165) is 34.5 Å². The fourth-order valence-electron chi connectivity index (χ4n) is 2.17. The molecule has 0 fully saturated rings. The Kier molecular flexibility index (Phi) is 4.46. The number of nitrogens with zero attached hydrogens (tertiary/aromatic N) is 3. The summed E-state index contributed by atoms with van der Waals surface area (Å²) in [5, 5.41) is 2.34. The lowest BCUT2D eigenvalue weighted by atomic mass is 10.2. The molecule has 0 radical (unpaired) electrons. The monoisotopic (exact) mass is 317 g/mol. The van der Waals surface area contributed by atoms with Gasteiger partial charge in [0, 0.05) is 28.4 Å². The van der Waals surface area contributed by atoms with Gasteiger partial charge in [-0.15, -0.1) is 0 Å². The number of rotatable bonds is 3.